The Morgan fingerprint density at radius 2 is 0.986 bits per heavy atom. The second-order valence-corrected chi connectivity index (χ2v) is 19.0. The Bertz CT molecular complexity index is 3240. The summed E-state index contributed by atoms with van der Waals surface area (Å²) in [4.78, 5) is 0. The van der Waals surface area contributed by atoms with E-state index < -0.39 is 15.1 Å². The number of tetrazole rings is 3. The van der Waals surface area contributed by atoms with Gasteiger partial charge in [-0.25, -0.2) is 13.1 Å². The van der Waals surface area contributed by atoms with Gasteiger partial charge in [0.05, 0.1) is 28.4 Å². The zero-order valence-corrected chi connectivity index (χ0v) is 42.1. The summed E-state index contributed by atoms with van der Waals surface area (Å²) in [7, 11) is -3.70. The molecular weight excluding hydrogens is 965 g/mol. The molecule has 19 heteroatoms. The Morgan fingerprint density at radius 1 is 0.569 bits per heavy atom. The van der Waals surface area contributed by atoms with Crippen LogP contribution in [0.2, 0.25) is 0 Å². The van der Waals surface area contributed by atoms with Crippen LogP contribution >= 0.6 is 24.0 Å². The van der Waals surface area contributed by atoms with Gasteiger partial charge in [-0.05, 0) is 112 Å². The third-order valence-electron chi connectivity index (χ3n) is 10.2. The van der Waals surface area contributed by atoms with E-state index in [1.54, 1.807) is 71.4 Å². The Morgan fingerprint density at radius 3 is 1.43 bits per heavy atom. The van der Waals surface area contributed by atoms with Crippen molar-refractivity contribution in [3.05, 3.63) is 246 Å². The van der Waals surface area contributed by atoms with E-state index in [4.69, 9.17) is 17.3 Å². The molecule has 0 aliphatic rings. The van der Waals surface area contributed by atoms with Crippen molar-refractivity contribution in [1.82, 2.24) is 60.6 Å². The molecule has 16 nitrogen and oxygen atoms in total. The molecule has 10 aromatic rings. The molecule has 72 heavy (non-hydrogen) atoms. The molecule has 0 bridgehead atoms. The fraction of sp³-hybridized carbons (Fsp3) is 0.113. The first-order valence-electron chi connectivity index (χ1n) is 22.2. The van der Waals surface area contributed by atoms with Gasteiger partial charge in [0, 0.05) is 5.25 Å². The number of aromatic nitrogens is 12. The first-order chi connectivity index (χ1) is 34.6. The number of sulfone groups is 1. The van der Waals surface area contributed by atoms with E-state index >= 15 is 0 Å². The van der Waals surface area contributed by atoms with Gasteiger partial charge in [0.25, 0.3) is 5.16 Å². The van der Waals surface area contributed by atoms with Gasteiger partial charge in [-0.3, -0.25) is 0 Å². The predicted molar refractivity (Wildman–Crippen MR) is 285 cm³/mol. The molecule has 4 N–H and O–H groups in total. The first kappa shape index (κ1) is 54.9. The summed E-state index contributed by atoms with van der Waals surface area (Å²) < 4.78 is 30.7. The highest BCUT2D eigenvalue weighted by atomic mass is 32.2. The summed E-state index contributed by atoms with van der Waals surface area (Å²) in [5, 5.41) is 42.2. The average molecular weight is 1020 g/mol. The minimum atomic E-state index is -3.70. The largest absolute Gasteiger partial charge is 0.412 e. The van der Waals surface area contributed by atoms with Crippen LogP contribution in [-0.2, 0) is 9.84 Å². The van der Waals surface area contributed by atoms with E-state index in [0.29, 0.717) is 21.3 Å². The fourth-order valence-corrected chi connectivity index (χ4v) is 8.83. The molecule has 7 aromatic carbocycles. The number of thioether (sulfide) groups is 1. The Kier molecular flexibility index (Phi) is 21.8. The maximum Gasteiger partial charge on any atom is 0.273 e. The van der Waals surface area contributed by atoms with Crippen molar-refractivity contribution in [3.8, 4) is 17.1 Å². The number of H-pyrrole nitrogens is 1. The molecule has 0 aliphatic heterocycles. The number of nitrogens with zero attached hydrogens (tertiary/aromatic N) is 11. The molecular formula is C53H54N12O4S3. The molecule has 10 rings (SSSR count). The number of hydrogen-bond acceptors (Lipinski definition) is 13. The number of aliphatic hydroxyl groups is 1. The molecule has 0 spiro atoms. The van der Waals surface area contributed by atoms with E-state index in [9.17, 15) is 8.42 Å². The summed E-state index contributed by atoms with van der Waals surface area (Å²) in [5.41, 5.74) is 6.62. The number of nitrogens with one attached hydrogen (secondary N) is 1. The monoisotopic (exact) mass is 1020 g/mol. The molecule has 368 valence electrons. The lowest BCUT2D eigenvalue weighted by Crippen LogP contribution is -2.16. The van der Waals surface area contributed by atoms with Crippen LogP contribution < -0.4 is 0 Å². The molecule has 0 fully saturated rings. The first-order valence-corrected chi connectivity index (χ1v) is 25.0. The predicted octanol–water partition coefficient (Wildman–Crippen LogP) is 10.3. The van der Waals surface area contributed by atoms with E-state index in [1.807, 2.05) is 170 Å². The van der Waals surface area contributed by atoms with Crippen molar-refractivity contribution in [3.63, 3.8) is 0 Å². The molecule has 3 atom stereocenters. The number of para-hydroxylation sites is 3. The van der Waals surface area contributed by atoms with Crippen molar-refractivity contribution < 1.29 is 19.0 Å². The Hall–Kier alpha value is -8.07. The van der Waals surface area contributed by atoms with Crippen molar-refractivity contribution in [2.24, 2.45) is 0 Å². The van der Waals surface area contributed by atoms with Gasteiger partial charge >= 0.3 is 0 Å². The molecule has 0 saturated carbocycles. The summed E-state index contributed by atoms with van der Waals surface area (Å²) in [5.74, 6) is 0. The molecule has 0 amide bonds. The van der Waals surface area contributed by atoms with Gasteiger partial charge in [0.2, 0.25) is 19.8 Å². The highest BCUT2D eigenvalue weighted by Gasteiger charge is 2.31. The lowest BCUT2D eigenvalue weighted by atomic mass is 10.1. The fourth-order valence-electron chi connectivity index (χ4n) is 6.35. The smallest absolute Gasteiger partial charge is 0.273 e. The molecule has 3 heterocycles. The van der Waals surface area contributed by atoms with Gasteiger partial charge in [0.15, 0.2) is 0 Å². The van der Waals surface area contributed by atoms with E-state index in [1.165, 1.54) is 15.8 Å². The van der Waals surface area contributed by atoms with Gasteiger partial charge < -0.3 is 10.6 Å². The zero-order chi connectivity index (χ0) is 50.3. The van der Waals surface area contributed by atoms with Crippen molar-refractivity contribution in [1.29, 1.82) is 0 Å². The van der Waals surface area contributed by atoms with Gasteiger partial charge in [-0.1, -0.05) is 216 Å². The quantitative estimate of drug-likeness (QED) is 0.0911. The van der Waals surface area contributed by atoms with Gasteiger partial charge in [0.1, 0.15) is 0 Å². The average Bonchev–Trinajstić information content (AvgIpc) is 4.23. The SMILES string of the molecule is C=Cc1ccccc1.CC(O)c1ccccc1.CC(Sc1nnnn1-c1ccccc1)c1ccccc1.CC(c1ccccc1)S(=O)(=O)c1nnnn1-c1ccccc1.O.S=c1nn[nH]n1-c1ccccc1. The number of hydrogen-bond donors (Lipinski definition) is 2. The number of aliphatic hydroxyl groups excluding tert-OH is 1. The second kappa shape index (κ2) is 28.6. The molecule has 3 aromatic heterocycles. The van der Waals surface area contributed by atoms with E-state index in [-0.39, 0.29) is 16.7 Å². The molecule has 0 aliphatic carbocycles. The van der Waals surface area contributed by atoms with Gasteiger partial charge in [-0.15, -0.1) is 5.10 Å². The van der Waals surface area contributed by atoms with E-state index in [2.05, 4.69) is 72.2 Å². The standard InChI is InChI=1S/C15H14N4O2S.C15H14N4S.C8H10O.C8H8.C7H6N4S.H2O/c1-12(13-8-4-2-5-9-13)22(20,21)15-16-17-18-19(15)14-10-6-3-7-11-14;1-12(13-8-4-2-5-9-13)20-15-16-17-18-19(15)14-10-6-3-7-11-14;1-7(9)8-5-3-2-4-6-8;1-2-8-6-4-3-5-7-8;12-7-8-9-10-11(7)6-4-2-1-3-5-6;/h2-12H,1H3;2-12H,1H3;2-7,9H,1H3;2-7H,1H2;1-5H,(H,8,10,12);1H2. The molecule has 0 radical (unpaired) electrons. The van der Waals surface area contributed by atoms with Gasteiger partial charge in [-0.2, -0.15) is 14.6 Å². The zero-order valence-electron chi connectivity index (χ0n) is 39.6. The number of benzene rings is 7. The summed E-state index contributed by atoms with van der Waals surface area (Å²) in [6.07, 6.45) is 1.49. The van der Waals surface area contributed by atoms with Crippen molar-refractivity contribution >= 4 is 39.9 Å². The van der Waals surface area contributed by atoms with Crippen LogP contribution in [0.4, 0.5) is 0 Å². The van der Waals surface area contributed by atoms with Crippen LogP contribution in [0, 0.1) is 4.77 Å². The van der Waals surface area contributed by atoms with Crippen molar-refractivity contribution in [2.75, 3.05) is 0 Å². The highest BCUT2D eigenvalue weighted by molar-refractivity contribution is 7.99. The lowest BCUT2D eigenvalue weighted by molar-refractivity contribution is 0.199. The number of rotatable bonds is 11. The number of aromatic amines is 1. The second-order valence-electron chi connectivity index (χ2n) is 15.1. The molecule has 0 saturated heterocycles. The van der Waals surface area contributed by atoms with Crippen LogP contribution in [0.25, 0.3) is 23.1 Å². The Balaban J connectivity index is 0.000000176. The van der Waals surface area contributed by atoms with Crippen LogP contribution in [0.15, 0.2) is 229 Å². The third-order valence-corrected chi connectivity index (χ3v) is 13.5. The van der Waals surface area contributed by atoms with Crippen LogP contribution in [-0.4, -0.2) is 79.6 Å². The maximum absolute atomic E-state index is 12.8. The summed E-state index contributed by atoms with van der Waals surface area (Å²) in [6.45, 7) is 9.18. The highest BCUT2D eigenvalue weighted by Crippen LogP contribution is 2.34. The van der Waals surface area contributed by atoms with Crippen LogP contribution in [0.5, 0.6) is 0 Å². The summed E-state index contributed by atoms with van der Waals surface area (Å²) in [6, 6.07) is 67.5. The maximum atomic E-state index is 12.8. The minimum Gasteiger partial charge on any atom is -0.412 e. The molecule has 3 unspecified atom stereocenters. The summed E-state index contributed by atoms with van der Waals surface area (Å²) >= 11 is 6.58. The lowest BCUT2D eigenvalue weighted by Gasteiger charge is -2.12. The Labute approximate surface area is 428 Å². The van der Waals surface area contributed by atoms with Crippen LogP contribution in [0.1, 0.15) is 59.6 Å². The van der Waals surface area contributed by atoms with Crippen LogP contribution in [0.3, 0.4) is 0 Å². The normalized spacial score (nSPS) is 11.6. The topological polar surface area (TPSA) is 220 Å². The van der Waals surface area contributed by atoms with E-state index in [0.717, 1.165) is 22.1 Å². The minimum absolute atomic E-state index is 0. The van der Waals surface area contributed by atoms with Crippen molar-refractivity contribution in [2.45, 2.75) is 47.7 Å². The third kappa shape index (κ3) is 16.0.